The number of rotatable bonds is 2. The van der Waals surface area contributed by atoms with Gasteiger partial charge < -0.3 is 5.11 Å². The van der Waals surface area contributed by atoms with Crippen LogP contribution in [0.25, 0.3) is 10.9 Å². The number of aromatic nitrogens is 2. The van der Waals surface area contributed by atoms with Crippen LogP contribution in [0.2, 0.25) is 0 Å². The molecule has 0 bridgehead atoms. The van der Waals surface area contributed by atoms with Crippen LogP contribution >= 0.6 is 0 Å². The van der Waals surface area contributed by atoms with Gasteiger partial charge in [0.05, 0.1) is 16.8 Å². The summed E-state index contributed by atoms with van der Waals surface area (Å²) in [6.07, 6.45) is -4.08. The Morgan fingerprint density at radius 2 is 2.00 bits per heavy atom. The molecule has 4 nitrogen and oxygen atoms in total. The maximum Gasteiger partial charge on any atom is 0.416 e. The molecule has 0 aliphatic carbocycles. The van der Waals surface area contributed by atoms with E-state index in [2.05, 4.69) is 9.97 Å². The minimum atomic E-state index is -4.49. The quantitative estimate of drug-likeness (QED) is 0.911. The third kappa shape index (κ3) is 2.49. The molecule has 0 radical (unpaired) electrons. The largest absolute Gasteiger partial charge is 0.475 e. The van der Waals surface area contributed by atoms with Crippen LogP contribution < -0.4 is 0 Å². The summed E-state index contributed by atoms with van der Waals surface area (Å²) in [6, 6.07) is 3.04. The van der Waals surface area contributed by atoms with Crippen LogP contribution in [-0.2, 0) is 12.6 Å². The number of carboxylic acids is 1. The fraction of sp³-hybridized carbons (Fsp3) is 0.250. The van der Waals surface area contributed by atoms with E-state index in [4.69, 9.17) is 5.11 Å². The van der Waals surface area contributed by atoms with Crippen LogP contribution in [0.3, 0.4) is 0 Å². The van der Waals surface area contributed by atoms with Gasteiger partial charge in [0.25, 0.3) is 0 Å². The highest BCUT2D eigenvalue weighted by Gasteiger charge is 2.30. The fourth-order valence-electron chi connectivity index (χ4n) is 1.74. The topological polar surface area (TPSA) is 63.1 Å². The smallest absolute Gasteiger partial charge is 0.416 e. The van der Waals surface area contributed by atoms with Crippen molar-refractivity contribution in [3.8, 4) is 0 Å². The molecule has 0 aliphatic rings. The number of aromatic carboxylic acids is 1. The summed E-state index contributed by atoms with van der Waals surface area (Å²) in [7, 11) is 0. The molecule has 1 aromatic carbocycles. The standard InChI is InChI=1S/C12H9F3N2O2/c1-2-8-7-4-3-6(12(13,14)15)5-9(7)17-10(16-8)11(18)19/h3-5H,2H2,1H3,(H,18,19). The monoisotopic (exact) mass is 270 g/mol. The van der Waals surface area contributed by atoms with Gasteiger partial charge in [-0.05, 0) is 18.6 Å². The highest BCUT2D eigenvalue weighted by molar-refractivity contribution is 5.88. The first-order chi connectivity index (χ1) is 8.82. The molecule has 1 aromatic heterocycles. The molecule has 1 heterocycles. The first-order valence-corrected chi connectivity index (χ1v) is 5.44. The molecule has 2 aromatic rings. The van der Waals surface area contributed by atoms with Gasteiger partial charge in [0.15, 0.2) is 0 Å². The van der Waals surface area contributed by atoms with Gasteiger partial charge >= 0.3 is 12.1 Å². The second-order valence-electron chi connectivity index (χ2n) is 3.88. The van der Waals surface area contributed by atoms with Gasteiger partial charge in [-0.2, -0.15) is 13.2 Å². The average molecular weight is 270 g/mol. The Hall–Kier alpha value is -2.18. The van der Waals surface area contributed by atoms with Crippen molar-refractivity contribution in [3.63, 3.8) is 0 Å². The summed E-state index contributed by atoms with van der Waals surface area (Å²) < 4.78 is 37.8. The van der Waals surface area contributed by atoms with Crippen molar-refractivity contribution in [3.05, 3.63) is 35.3 Å². The normalized spacial score (nSPS) is 11.8. The number of hydrogen-bond acceptors (Lipinski definition) is 3. The predicted octanol–water partition coefficient (Wildman–Crippen LogP) is 2.91. The van der Waals surface area contributed by atoms with E-state index < -0.39 is 23.5 Å². The first kappa shape index (κ1) is 13.3. The molecule has 1 N–H and O–H groups in total. The van der Waals surface area contributed by atoms with Crippen molar-refractivity contribution in [2.75, 3.05) is 0 Å². The van der Waals surface area contributed by atoms with E-state index in [0.29, 0.717) is 17.5 Å². The summed E-state index contributed by atoms with van der Waals surface area (Å²) in [4.78, 5) is 18.3. The van der Waals surface area contributed by atoms with Crippen molar-refractivity contribution >= 4 is 16.9 Å². The number of halogens is 3. The Bertz CT molecular complexity index is 653. The van der Waals surface area contributed by atoms with Gasteiger partial charge in [-0.25, -0.2) is 14.8 Å². The van der Waals surface area contributed by atoms with Crippen molar-refractivity contribution in [2.45, 2.75) is 19.5 Å². The molecule has 0 unspecified atom stereocenters. The Kier molecular flexibility index (Phi) is 3.13. The van der Waals surface area contributed by atoms with Crippen LogP contribution in [0.4, 0.5) is 13.2 Å². The number of carboxylic acid groups (broad SMARTS) is 1. The maximum absolute atomic E-state index is 12.6. The Balaban J connectivity index is 2.73. The molecule has 0 fully saturated rings. The number of aryl methyl sites for hydroxylation is 1. The zero-order chi connectivity index (χ0) is 14.2. The summed E-state index contributed by atoms with van der Waals surface area (Å²) >= 11 is 0. The third-order valence-corrected chi connectivity index (χ3v) is 2.63. The number of alkyl halides is 3. The first-order valence-electron chi connectivity index (χ1n) is 5.44. The van der Waals surface area contributed by atoms with Crippen molar-refractivity contribution in [1.82, 2.24) is 9.97 Å². The van der Waals surface area contributed by atoms with E-state index in [1.165, 1.54) is 6.07 Å². The van der Waals surface area contributed by atoms with Crippen molar-refractivity contribution in [1.29, 1.82) is 0 Å². The van der Waals surface area contributed by atoms with E-state index in [9.17, 15) is 18.0 Å². The average Bonchev–Trinajstić information content (AvgIpc) is 2.35. The molecule has 0 amide bonds. The van der Waals surface area contributed by atoms with E-state index in [0.717, 1.165) is 12.1 Å². The molecule has 7 heteroatoms. The molecule has 0 saturated carbocycles. The Morgan fingerprint density at radius 1 is 1.32 bits per heavy atom. The molecule has 0 saturated heterocycles. The Morgan fingerprint density at radius 3 is 2.53 bits per heavy atom. The summed E-state index contributed by atoms with van der Waals surface area (Å²) in [6.45, 7) is 1.74. The highest BCUT2D eigenvalue weighted by Crippen LogP contribution is 2.31. The van der Waals surface area contributed by atoms with Crippen molar-refractivity contribution < 1.29 is 23.1 Å². The third-order valence-electron chi connectivity index (χ3n) is 2.63. The molecule has 19 heavy (non-hydrogen) atoms. The van der Waals surface area contributed by atoms with Crippen LogP contribution in [0, 0.1) is 0 Å². The SMILES string of the molecule is CCc1nc(C(=O)O)nc2cc(C(F)(F)F)ccc12. The van der Waals surface area contributed by atoms with E-state index in [1.807, 2.05) is 0 Å². The summed E-state index contributed by atoms with van der Waals surface area (Å²) in [5, 5.41) is 9.28. The van der Waals surface area contributed by atoms with Crippen LogP contribution in [0.5, 0.6) is 0 Å². The number of hydrogen-bond donors (Lipinski definition) is 1. The maximum atomic E-state index is 12.6. The molecular formula is C12H9F3N2O2. The van der Waals surface area contributed by atoms with E-state index >= 15 is 0 Å². The molecular weight excluding hydrogens is 261 g/mol. The molecule has 0 aliphatic heterocycles. The minimum Gasteiger partial charge on any atom is -0.475 e. The molecule has 0 atom stereocenters. The number of carbonyl (C=O) groups is 1. The number of nitrogens with zero attached hydrogens (tertiary/aromatic N) is 2. The summed E-state index contributed by atoms with van der Waals surface area (Å²) in [5.41, 5.74) is -0.465. The van der Waals surface area contributed by atoms with Crippen LogP contribution in [-0.4, -0.2) is 21.0 Å². The van der Waals surface area contributed by atoms with Gasteiger partial charge in [-0.15, -0.1) is 0 Å². The van der Waals surface area contributed by atoms with Crippen LogP contribution in [0.1, 0.15) is 28.8 Å². The van der Waals surface area contributed by atoms with E-state index in [-0.39, 0.29) is 5.52 Å². The zero-order valence-corrected chi connectivity index (χ0v) is 9.82. The lowest BCUT2D eigenvalue weighted by molar-refractivity contribution is -0.137. The number of benzene rings is 1. The second-order valence-corrected chi connectivity index (χ2v) is 3.88. The van der Waals surface area contributed by atoms with Gasteiger partial charge in [0, 0.05) is 5.39 Å². The fourth-order valence-corrected chi connectivity index (χ4v) is 1.74. The zero-order valence-electron chi connectivity index (χ0n) is 9.82. The predicted molar refractivity (Wildman–Crippen MR) is 60.9 cm³/mol. The minimum absolute atomic E-state index is 0.0147. The van der Waals surface area contributed by atoms with Gasteiger partial charge in [-0.3, -0.25) is 0 Å². The number of fused-ring (bicyclic) bond motifs is 1. The highest BCUT2D eigenvalue weighted by atomic mass is 19.4. The lowest BCUT2D eigenvalue weighted by Crippen LogP contribution is -2.09. The summed E-state index contributed by atoms with van der Waals surface area (Å²) in [5.74, 6) is -1.86. The van der Waals surface area contributed by atoms with Crippen molar-refractivity contribution in [2.24, 2.45) is 0 Å². The van der Waals surface area contributed by atoms with Crippen LogP contribution in [0.15, 0.2) is 18.2 Å². The second kappa shape index (κ2) is 4.49. The molecule has 0 spiro atoms. The van der Waals surface area contributed by atoms with E-state index in [1.54, 1.807) is 6.92 Å². The van der Waals surface area contributed by atoms with Gasteiger partial charge in [0.2, 0.25) is 5.82 Å². The Labute approximate surface area is 105 Å². The molecule has 100 valence electrons. The van der Waals surface area contributed by atoms with Gasteiger partial charge in [0.1, 0.15) is 0 Å². The lowest BCUT2D eigenvalue weighted by atomic mass is 10.1. The lowest BCUT2D eigenvalue weighted by Gasteiger charge is -2.09. The van der Waals surface area contributed by atoms with Gasteiger partial charge in [-0.1, -0.05) is 13.0 Å². The molecule has 2 rings (SSSR count).